The smallest absolute Gasteiger partial charge is 0.414 e. The zero-order chi connectivity index (χ0) is 28.6. The zero-order valence-electron chi connectivity index (χ0n) is 22.8. The topological polar surface area (TPSA) is 142 Å². The molecule has 0 radical (unpaired) electrons. The van der Waals surface area contributed by atoms with Crippen LogP contribution >= 0.6 is 0 Å². The first kappa shape index (κ1) is 28.3. The summed E-state index contributed by atoms with van der Waals surface area (Å²) in [6.07, 6.45) is 4.32. The number of carbonyl (C=O) groups excluding carboxylic acids is 1. The number of carboxylic acids is 1. The second kappa shape index (κ2) is 12.9. The van der Waals surface area contributed by atoms with E-state index in [-0.39, 0.29) is 25.1 Å². The number of nitriles is 1. The molecule has 0 spiro atoms. The average Bonchev–Trinajstić information content (AvgIpc) is 2.98. The van der Waals surface area contributed by atoms with Crippen molar-refractivity contribution in [3.05, 3.63) is 71.2 Å². The van der Waals surface area contributed by atoms with Crippen LogP contribution in [0.3, 0.4) is 0 Å². The van der Waals surface area contributed by atoms with Gasteiger partial charge >= 0.3 is 12.1 Å². The Morgan fingerprint density at radius 2 is 1.95 bits per heavy atom. The molecule has 3 aromatic rings. The normalized spacial score (nSPS) is 16.0. The molecule has 0 aliphatic carbocycles. The molecule has 2 aromatic heterocycles. The first-order chi connectivity index (χ1) is 19.4. The number of fused-ring (bicyclic) bond motifs is 1. The van der Waals surface area contributed by atoms with Crippen molar-refractivity contribution >= 4 is 23.7 Å². The minimum Gasteiger partial charge on any atom is -0.481 e. The Bertz CT molecular complexity index is 1390. The molecule has 11 nitrogen and oxygen atoms in total. The maximum Gasteiger partial charge on any atom is 0.414 e. The number of methoxy groups -OCH3 is 1. The molecule has 1 N–H and O–H groups in total. The van der Waals surface area contributed by atoms with Crippen molar-refractivity contribution in [2.75, 3.05) is 23.5 Å². The number of hydrogen-bond acceptors (Lipinski definition) is 9. The van der Waals surface area contributed by atoms with Gasteiger partial charge in [-0.25, -0.2) is 19.7 Å². The number of benzene rings is 1. The van der Waals surface area contributed by atoms with E-state index in [0.29, 0.717) is 60.1 Å². The summed E-state index contributed by atoms with van der Waals surface area (Å²) in [4.78, 5) is 41.8. The lowest BCUT2D eigenvalue weighted by atomic mass is 9.92. The van der Waals surface area contributed by atoms with E-state index in [1.54, 1.807) is 36.4 Å². The van der Waals surface area contributed by atoms with Gasteiger partial charge in [0, 0.05) is 37.5 Å². The number of amides is 1. The number of nitrogens with zero attached hydrogens (tertiary/aromatic N) is 6. The predicted octanol–water partition coefficient (Wildman–Crippen LogP) is 4.66. The Morgan fingerprint density at radius 3 is 2.60 bits per heavy atom. The first-order valence-corrected chi connectivity index (χ1v) is 13.2. The molecule has 1 aliphatic rings. The van der Waals surface area contributed by atoms with Gasteiger partial charge in [-0.1, -0.05) is 19.1 Å². The van der Waals surface area contributed by atoms with Crippen LogP contribution in [-0.2, 0) is 22.5 Å². The third kappa shape index (κ3) is 6.29. The van der Waals surface area contributed by atoms with Gasteiger partial charge in [-0.15, -0.1) is 0 Å². The molecule has 1 amide bonds. The summed E-state index contributed by atoms with van der Waals surface area (Å²) in [6.45, 7) is 4.40. The van der Waals surface area contributed by atoms with Crippen molar-refractivity contribution in [1.29, 1.82) is 5.26 Å². The van der Waals surface area contributed by atoms with Crippen LogP contribution in [0.15, 0.2) is 48.8 Å². The van der Waals surface area contributed by atoms with E-state index in [4.69, 9.17) is 19.6 Å². The summed E-state index contributed by atoms with van der Waals surface area (Å²) >= 11 is 0. The molecule has 0 saturated heterocycles. The number of carboxylic acid groups (broad SMARTS) is 1. The minimum absolute atomic E-state index is 0.0189. The maximum atomic E-state index is 13.1. The van der Waals surface area contributed by atoms with Gasteiger partial charge in [-0.2, -0.15) is 5.26 Å². The number of carbonyl (C=O) groups is 2. The van der Waals surface area contributed by atoms with Crippen molar-refractivity contribution in [3.8, 4) is 11.9 Å². The number of hydrogen-bond donors (Lipinski definition) is 1. The standard InChI is InChI=1S/C29H32N6O5/c1-4-22-14-24(27-23(10-11-25(33-27)39-3)35(22)29(38)40-5-2)34(18-20-8-6-7-19(13-20)15-30)28-31-16-21(17-32-28)9-12-26(36)37/h6-8,10-11,13,16-17,22,24H,4-5,9,12,14,18H2,1-3H3,(H,36,37). The van der Waals surface area contributed by atoms with Crippen molar-refractivity contribution in [3.63, 3.8) is 0 Å². The van der Waals surface area contributed by atoms with Crippen LogP contribution < -0.4 is 14.5 Å². The van der Waals surface area contributed by atoms with Gasteiger partial charge in [0.25, 0.3) is 0 Å². The lowest BCUT2D eigenvalue weighted by Crippen LogP contribution is -2.48. The fourth-order valence-corrected chi connectivity index (χ4v) is 4.88. The highest BCUT2D eigenvalue weighted by molar-refractivity contribution is 5.90. The Balaban J connectivity index is 1.82. The molecule has 3 heterocycles. The number of rotatable bonds is 10. The van der Waals surface area contributed by atoms with Crippen LogP contribution in [0, 0.1) is 11.3 Å². The van der Waals surface area contributed by atoms with Gasteiger partial charge in [0.15, 0.2) is 0 Å². The molecule has 2 atom stereocenters. The first-order valence-electron chi connectivity index (χ1n) is 13.2. The van der Waals surface area contributed by atoms with E-state index in [2.05, 4.69) is 16.0 Å². The molecule has 11 heteroatoms. The Hall–Kier alpha value is -4.72. The third-order valence-electron chi connectivity index (χ3n) is 6.82. The molecular formula is C29H32N6O5. The lowest BCUT2D eigenvalue weighted by Gasteiger charge is -2.43. The van der Waals surface area contributed by atoms with E-state index >= 15 is 0 Å². The van der Waals surface area contributed by atoms with Crippen molar-refractivity contribution in [1.82, 2.24) is 15.0 Å². The van der Waals surface area contributed by atoms with Crippen LogP contribution in [0.5, 0.6) is 5.88 Å². The molecule has 0 saturated carbocycles. The second-order valence-corrected chi connectivity index (χ2v) is 9.37. The van der Waals surface area contributed by atoms with E-state index in [1.165, 1.54) is 7.11 Å². The van der Waals surface area contributed by atoms with Crippen LogP contribution in [0.4, 0.5) is 16.4 Å². The molecule has 40 heavy (non-hydrogen) atoms. The summed E-state index contributed by atoms with van der Waals surface area (Å²) < 4.78 is 10.8. The highest BCUT2D eigenvalue weighted by atomic mass is 16.6. The van der Waals surface area contributed by atoms with E-state index < -0.39 is 12.1 Å². The van der Waals surface area contributed by atoms with Gasteiger partial charge in [-0.3, -0.25) is 9.69 Å². The fourth-order valence-electron chi connectivity index (χ4n) is 4.88. The molecule has 0 bridgehead atoms. The molecule has 2 unspecified atom stereocenters. The highest BCUT2D eigenvalue weighted by Crippen LogP contribution is 2.43. The van der Waals surface area contributed by atoms with E-state index in [9.17, 15) is 14.9 Å². The molecule has 1 aliphatic heterocycles. The van der Waals surface area contributed by atoms with Crippen LogP contribution in [0.1, 0.15) is 61.5 Å². The van der Waals surface area contributed by atoms with Crippen molar-refractivity contribution < 1.29 is 24.2 Å². The number of aromatic nitrogens is 3. The van der Waals surface area contributed by atoms with Crippen LogP contribution in [0.25, 0.3) is 0 Å². The largest absolute Gasteiger partial charge is 0.481 e. The lowest BCUT2D eigenvalue weighted by molar-refractivity contribution is -0.136. The number of ether oxygens (including phenoxy) is 2. The average molecular weight is 545 g/mol. The molecule has 4 rings (SSSR count). The second-order valence-electron chi connectivity index (χ2n) is 9.37. The number of aryl methyl sites for hydroxylation is 1. The van der Waals surface area contributed by atoms with Crippen molar-refractivity contribution in [2.24, 2.45) is 0 Å². The fraction of sp³-hybridized carbons (Fsp3) is 0.379. The summed E-state index contributed by atoms with van der Waals surface area (Å²) in [5, 5.41) is 18.5. The molecular weight excluding hydrogens is 512 g/mol. The number of aliphatic carboxylic acids is 1. The third-order valence-corrected chi connectivity index (χ3v) is 6.82. The maximum absolute atomic E-state index is 13.1. The van der Waals surface area contributed by atoms with Gasteiger partial charge in [-0.05, 0) is 55.5 Å². The SMILES string of the molecule is CCOC(=O)N1c2ccc(OC)nc2C(N(Cc2cccc(C#N)c2)c2ncc(CCC(=O)O)cn2)CC1CC. The minimum atomic E-state index is -0.890. The van der Waals surface area contributed by atoms with Gasteiger partial charge in [0.1, 0.15) is 0 Å². The summed E-state index contributed by atoms with van der Waals surface area (Å²) in [5.74, 6) is -0.0704. The Morgan fingerprint density at radius 1 is 1.18 bits per heavy atom. The quantitative estimate of drug-likeness (QED) is 0.383. The predicted molar refractivity (Wildman–Crippen MR) is 147 cm³/mol. The van der Waals surface area contributed by atoms with Crippen LogP contribution in [-0.4, -0.2) is 51.9 Å². The van der Waals surface area contributed by atoms with Gasteiger partial charge in [0.05, 0.1) is 42.8 Å². The molecule has 1 aromatic carbocycles. The zero-order valence-corrected chi connectivity index (χ0v) is 22.8. The molecule has 208 valence electrons. The number of pyridine rings is 1. The summed E-state index contributed by atoms with van der Waals surface area (Å²) in [5.41, 5.74) is 3.36. The monoisotopic (exact) mass is 544 g/mol. The Labute approximate surface area is 233 Å². The van der Waals surface area contributed by atoms with E-state index in [0.717, 1.165) is 5.56 Å². The Kier molecular flexibility index (Phi) is 9.11. The van der Waals surface area contributed by atoms with Crippen LogP contribution in [0.2, 0.25) is 0 Å². The van der Waals surface area contributed by atoms with Crippen molar-refractivity contribution in [2.45, 2.75) is 58.2 Å². The summed E-state index contributed by atoms with van der Waals surface area (Å²) in [6, 6.07) is 12.5. The van der Waals surface area contributed by atoms with Gasteiger partial charge in [0.2, 0.25) is 11.8 Å². The van der Waals surface area contributed by atoms with E-state index in [1.807, 2.05) is 36.1 Å². The highest BCUT2D eigenvalue weighted by Gasteiger charge is 2.40. The molecule has 0 fully saturated rings. The summed E-state index contributed by atoms with van der Waals surface area (Å²) in [7, 11) is 1.54. The van der Waals surface area contributed by atoms with Gasteiger partial charge < -0.3 is 19.5 Å². The number of anilines is 2.